The van der Waals surface area contributed by atoms with Crippen LogP contribution in [0.25, 0.3) is 0 Å². The molecule has 0 atom stereocenters. The predicted molar refractivity (Wildman–Crippen MR) is 202 cm³/mol. The van der Waals surface area contributed by atoms with Crippen molar-refractivity contribution in [3.05, 3.63) is 41.9 Å². The lowest BCUT2D eigenvalue weighted by Gasteiger charge is -2.38. The molecule has 10 heteroatoms. The number of likely N-dealkylation sites (tertiary alicyclic amines) is 2. The Bertz CT molecular complexity index is 931. The molecule has 0 saturated carbocycles. The molecule has 3 heterocycles. The minimum Gasteiger partial charge on any atom is -0.369 e. The van der Waals surface area contributed by atoms with Gasteiger partial charge >= 0.3 is 0 Å². The molecule has 278 valence electrons. The monoisotopic (exact) mass is 679 g/mol. The first-order chi connectivity index (χ1) is 23.1. The van der Waals surface area contributed by atoms with Gasteiger partial charge in [-0.05, 0) is 95.7 Å². The number of anilines is 1. The summed E-state index contributed by atoms with van der Waals surface area (Å²) in [5.41, 5.74) is 9.29. The number of nitrogens with zero attached hydrogens (tertiary/aromatic N) is 4. The van der Waals surface area contributed by atoms with Gasteiger partial charge in [0.15, 0.2) is 12.6 Å². The molecule has 0 aromatic heterocycles. The molecular formula is C38H71FN6O3. The van der Waals surface area contributed by atoms with Crippen LogP contribution in [0, 0.1) is 17.7 Å². The first kappa shape index (κ1) is 47.5. The topological polar surface area (TPSA) is 102 Å². The van der Waals surface area contributed by atoms with E-state index < -0.39 is 5.82 Å². The Kier molecular flexibility index (Phi) is 30.1. The highest BCUT2D eigenvalue weighted by molar-refractivity contribution is 5.91. The number of hydrogen-bond acceptors (Lipinski definition) is 9. The summed E-state index contributed by atoms with van der Waals surface area (Å²) in [5.74, 6) is 1.09. The zero-order valence-electron chi connectivity index (χ0n) is 31.8. The number of unbranched alkanes of at least 4 members (excludes halogenated alkanes) is 2. The van der Waals surface area contributed by atoms with E-state index in [0.717, 1.165) is 38.4 Å². The van der Waals surface area contributed by atoms with Gasteiger partial charge in [-0.25, -0.2) is 9.40 Å². The number of carbonyl (C=O) groups is 3. The van der Waals surface area contributed by atoms with Gasteiger partial charge in [0, 0.05) is 57.1 Å². The third-order valence-electron chi connectivity index (χ3n) is 8.57. The summed E-state index contributed by atoms with van der Waals surface area (Å²) in [7, 11) is 5.95. The molecule has 0 spiro atoms. The zero-order chi connectivity index (χ0) is 36.9. The van der Waals surface area contributed by atoms with Crippen molar-refractivity contribution in [3.8, 4) is 0 Å². The van der Waals surface area contributed by atoms with Crippen molar-refractivity contribution >= 4 is 25.0 Å². The SMILES string of the molecule is C=CNN(C)C.C=O.CC.CC1CCN(CC2CCN(c3cc(C=O)c(C=O)cc3F)CC2)CC1.CCCCC.CN1CCC(N)CC1. The summed E-state index contributed by atoms with van der Waals surface area (Å²) in [6, 6.07) is 3.16. The Morgan fingerprint density at radius 2 is 1.40 bits per heavy atom. The molecule has 3 fully saturated rings. The van der Waals surface area contributed by atoms with Gasteiger partial charge in [-0.2, -0.15) is 0 Å². The molecule has 3 aliphatic heterocycles. The van der Waals surface area contributed by atoms with Gasteiger partial charge in [0.1, 0.15) is 12.6 Å². The number of hydrazine groups is 1. The molecule has 48 heavy (non-hydrogen) atoms. The Balaban J connectivity index is 0. The third-order valence-corrected chi connectivity index (χ3v) is 8.57. The van der Waals surface area contributed by atoms with Gasteiger partial charge in [-0.1, -0.05) is 60.5 Å². The van der Waals surface area contributed by atoms with Crippen molar-refractivity contribution < 1.29 is 18.8 Å². The fourth-order valence-electron chi connectivity index (χ4n) is 5.57. The third kappa shape index (κ3) is 21.3. The van der Waals surface area contributed by atoms with Crippen LogP contribution in [-0.2, 0) is 4.79 Å². The first-order valence-corrected chi connectivity index (χ1v) is 18.1. The van der Waals surface area contributed by atoms with Crippen LogP contribution >= 0.6 is 0 Å². The summed E-state index contributed by atoms with van der Waals surface area (Å²) < 4.78 is 14.3. The van der Waals surface area contributed by atoms with E-state index in [0.29, 0.717) is 30.2 Å². The van der Waals surface area contributed by atoms with Gasteiger partial charge < -0.3 is 30.7 Å². The number of nitrogens with one attached hydrogen (secondary N) is 1. The molecule has 0 bridgehead atoms. The lowest BCUT2D eigenvalue weighted by molar-refractivity contribution is -0.0980. The van der Waals surface area contributed by atoms with Crippen LogP contribution in [0.15, 0.2) is 24.9 Å². The number of nitrogens with two attached hydrogens (primary N) is 1. The van der Waals surface area contributed by atoms with E-state index in [1.165, 1.54) is 83.3 Å². The van der Waals surface area contributed by atoms with Gasteiger partial charge in [0.2, 0.25) is 0 Å². The number of benzene rings is 1. The first-order valence-electron chi connectivity index (χ1n) is 18.1. The lowest BCUT2D eigenvalue weighted by atomic mass is 9.93. The molecule has 3 N–H and O–H groups in total. The normalized spacial score (nSPS) is 17.3. The maximum absolute atomic E-state index is 14.3. The second-order valence-electron chi connectivity index (χ2n) is 12.8. The van der Waals surface area contributed by atoms with Gasteiger partial charge in [0.25, 0.3) is 0 Å². The van der Waals surface area contributed by atoms with Crippen molar-refractivity contribution in [2.75, 3.05) is 71.9 Å². The molecule has 1 aromatic rings. The number of rotatable bonds is 9. The highest BCUT2D eigenvalue weighted by Crippen LogP contribution is 2.29. The fraction of sp³-hybridized carbons (Fsp3) is 0.711. The average molecular weight is 679 g/mol. The molecule has 1 aromatic carbocycles. The molecule has 0 aliphatic carbocycles. The maximum Gasteiger partial charge on any atom is 0.150 e. The second-order valence-corrected chi connectivity index (χ2v) is 12.8. The quantitative estimate of drug-likeness (QED) is 0.219. The summed E-state index contributed by atoms with van der Waals surface area (Å²) in [5, 5.41) is 1.81. The number of halogens is 1. The number of piperidine rings is 3. The Morgan fingerprint density at radius 1 is 0.896 bits per heavy atom. The smallest absolute Gasteiger partial charge is 0.150 e. The van der Waals surface area contributed by atoms with Crippen LogP contribution in [-0.4, -0.2) is 107 Å². The van der Waals surface area contributed by atoms with Crippen LogP contribution in [0.5, 0.6) is 0 Å². The van der Waals surface area contributed by atoms with E-state index in [-0.39, 0.29) is 11.1 Å². The van der Waals surface area contributed by atoms with Crippen molar-refractivity contribution in [3.63, 3.8) is 0 Å². The van der Waals surface area contributed by atoms with Crippen LogP contribution in [0.2, 0.25) is 0 Å². The maximum atomic E-state index is 14.3. The van der Waals surface area contributed by atoms with E-state index in [1.54, 1.807) is 6.20 Å². The van der Waals surface area contributed by atoms with Crippen molar-refractivity contribution in [2.24, 2.45) is 17.6 Å². The summed E-state index contributed by atoms with van der Waals surface area (Å²) >= 11 is 0. The Labute approximate surface area is 293 Å². The van der Waals surface area contributed by atoms with Crippen LogP contribution < -0.4 is 16.1 Å². The van der Waals surface area contributed by atoms with Gasteiger partial charge in [0.05, 0.1) is 5.69 Å². The summed E-state index contributed by atoms with van der Waals surface area (Å²) in [6.45, 7) is 23.7. The van der Waals surface area contributed by atoms with Crippen LogP contribution in [0.4, 0.5) is 10.1 Å². The average Bonchev–Trinajstić information content (AvgIpc) is 3.10. The second kappa shape index (κ2) is 30.4. The Morgan fingerprint density at radius 3 is 1.77 bits per heavy atom. The standard InChI is InChI=1S/C20H27FN2O2.C6H14N2.C5H12.C4H10N2.C2H6.CH2O/c1-15-2-6-22(7-3-15)12-16-4-8-23(9-5-16)20-11-18(14-25)17(13-24)10-19(20)21;1-8-4-2-6(7)3-5-8;1-3-5-4-2;1-4-5-6(2)3;2*1-2/h10-11,13-16H,2-9,12H2,1H3;6H,2-5,7H2,1H3;3-5H2,1-2H3;4-5H,1H2,2-3H3;1-2H3;1H2. The van der Waals surface area contributed by atoms with Gasteiger partial charge in [-0.3, -0.25) is 9.59 Å². The van der Waals surface area contributed by atoms with Crippen molar-refractivity contribution in [2.45, 2.75) is 98.4 Å². The number of hydrogen-bond donors (Lipinski definition) is 2. The van der Waals surface area contributed by atoms with Gasteiger partial charge in [-0.15, -0.1) is 0 Å². The van der Waals surface area contributed by atoms with E-state index in [4.69, 9.17) is 10.5 Å². The Hall–Kier alpha value is -2.66. The van der Waals surface area contributed by atoms with E-state index >= 15 is 0 Å². The van der Waals surface area contributed by atoms with Crippen LogP contribution in [0.3, 0.4) is 0 Å². The summed E-state index contributed by atoms with van der Waals surface area (Å²) in [4.78, 5) is 37.0. The molecule has 0 unspecified atom stereocenters. The van der Waals surface area contributed by atoms with E-state index in [1.807, 2.05) is 44.6 Å². The molecule has 9 nitrogen and oxygen atoms in total. The molecule has 3 saturated heterocycles. The molecule has 3 aliphatic rings. The summed E-state index contributed by atoms with van der Waals surface area (Å²) in [6.07, 6.45) is 13.9. The largest absolute Gasteiger partial charge is 0.369 e. The number of aldehydes is 2. The molecular weight excluding hydrogens is 607 g/mol. The molecule has 4 rings (SSSR count). The van der Waals surface area contributed by atoms with E-state index in [2.05, 4.69) is 49.6 Å². The molecule has 0 radical (unpaired) electrons. The van der Waals surface area contributed by atoms with Crippen LogP contribution in [0.1, 0.15) is 113 Å². The van der Waals surface area contributed by atoms with E-state index in [9.17, 15) is 14.0 Å². The van der Waals surface area contributed by atoms with Crippen molar-refractivity contribution in [1.82, 2.24) is 20.2 Å². The minimum absolute atomic E-state index is 0.116. The fourth-order valence-corrected chi connectivity index (χ4v) is 5.57. The minimum atomic E-state index is -0.420. The highest BCUT2D eigenvalue weighted by Gasteiger charge is 2.25. The van der Waals surface area contributed by atoms with Crippen molar-refractivity contribution in [1.29, 1.82) is 0 Å². The zero-order valence-corrected chi connectivity index (χ0v) is 31.8. The molecule has 0 amide bonds. The predicted octanol–water partition coefficient (Wildman–Crippen LogP) is 6.67. The number of carbonyl (C=O) groups excluding carboxylic acids is 3. The lowest BCUT2D eigenvalue weighted by Crippen LogP contribution is -2.41. The highest BCUT2D eigenvalue weighted by atomic mass is 19.1.